The molecular weight excluding hydrogens is 324 g/mol. The molecule has 0 aliphatic rings. The Morgan fingerprint density at radius 1 is 0.960 bits per heavy atom. The van der Waals surface area contributed by atoms with Gasteiger partial charge in [-0.2, -0.15) is 0 Å². The lowest BCUT2D eigenvalue weighted by molar-refractivity contribution is 0.0243. The molecule has 0 aromatic heterocycles. The quantitative estimate of drug-likeness (QED) is 0.560. The molecule has 0 amide bonds. The minimum absolute atomic E-state index is 0.132. The molecule has 0 spiro atoms. The second-order valence-corrected chi connectivity index (χ2v) is 5.80. The number of terminal acetylenes is 1. The first-order valence-corrected chi connectivity index (χ1v) is 7.97. The molecule has 0 saturated carbocycles. The Morgan fingerprint density at radius 2 is 1.44 bits per heavy atom. The van der Waals surface area contributed by atoms with E-state index in [0.29, 0.717) is 19.6 Å². The summed E-state index contributed by atoms with van der Waals surface area (Å²) < 4.78 is 31.3. The zero-order chi connectivity index (χ0) is 18.1. The molecule has 0 saturated heterocycles. The fraction of sp³-hybridized carbons (Fsp3) is 0.300. The number of hydrogen-bond donors (Lipinski definition) is 1. The van der Waals surface area contributed by atoms with Crippen molar-refractivity contribution < 1.29 is 18.6 Å². The Labute approximate surface area is 146 Å². The van der Waals surface area contributed by atoms with Crippen molar-refractivity contribution in [3.05, 3.63) is 71.3 Å². The lowest BCUT2D eigenvalue weighted by Crippen LogP contribution is -2.34. The third kappa shape index (κ3) is 7.02. The van der Waals surface area contributed by atoms with Gasteiger partial charge in [-0.3, -0.25) is 4.90 Å². The Balaban J connectivity index is 2.02. The summed E-state index contributed by atoms with van der Waals surface area (Å²) in [7, 11) is 0. The monoisotopic (exact) mass is 345 g/mol. The molecule has 0 fully saturated rings. The maximum atomic E-state index is 13.1. The molecule has 2 aromatic rings. The first-order valence-electron chi connectivity index (χ1n) is 7.97. The second-order valence-electron chi connectivity index (χ2n) is 5.80. The predicted molar refractivity (Wildman–Crippen MR) is 92.6 cm³/mol. The second kappa shape index (κ2) is 9.90. The Morgan fingerprint density at radius 3 is 1.88 bits per heavy atom. The Bertz CT molecular complexity index is 633. The van der Waals surface area contributed by atoms with E-state index < -0.39 is 6.10 Å². The predicted octanol–water partition coefficient (Wildman–Crippen LogP) is 2.98. The van der Waals surface area contributed by atoms with E-state index in [9.17, 15) is 13.9 Å². The average molecular weight is 345 g/mol. The van der Waals surface area contributed by atoms with Gasteiger partial charge in [0.1, 0.15) is 18.2 Å². The highest BCUT2D eigenvalue weighted by molar-refractivity contribution is 5.18. The normalized spacial score (nSPS) is 12.1. The number of benzene rings is 2. The van der Waals surface area contributed by atoms with Gasteiger partial charge in [-0.15, -0.1) is 6.42 Å². The standard InChI is InChI=1S/C20H21F2NO2/c1-2-11-25-15-20(24)14-23(12-16-3-7-18(21)8-4-16)13-17-5-9-19(22)10-6-17/h1,3-10,20,24H,11-15H2/t20-/m1/s1. The van der Waals surface area contributed by atoms with Crippen LogP contribution in [0.15, 0.2) is 48.5 Å². The van der Waals surface area contributed by atoms with Crippen molar-refractivity contribution in [3.63, 3.8) is 0 Å². The van der Waals surface area contributed by atoms with Gasteiger partial charge in [0.25, 0.3) is 0 Å². The van der Waals surface area contributed by atoms with Gasteiger partial charge < -0.3 is 9.84 Å². The third-order valence-corrected chi connectivity index (χ3v) is 3.60. The van der Waals surface area contributed by atoms with Crippen LogP contribution in [0.2, 0.25) is 0 Å². The third-order valence-electron chi connectivity index (χ3n) is 3.60. The first kappa shape index (κ1) is 19.1. The van der Waals surface area contributed by atoms with Crippen molar-refractivity contribution in [3.8, 4) is 12.3 Å². The van der Waals surface area contributed by atoms with Crippen molar-refractivity contribution >= 4 is 0 Å². The van der Waals surface area contributed by atoms with Gasteiger partial charge in [-0.25, -0.2) is 8.78 Å². The molecule has 0 aliphatic heterocycles. The van der Waals surface area contributed by atoms with Crippen LogP contribution in [0.1, 0.15) is 11.1 Å². The smallest absolute Gasteiger partial charge is 0.123 e. The Kier molecular flexibility index (Phi) is 7.55. The molecule has 0 bridgehead atoms. The van der Waals surface area contributed by atoms with Crippen LogP contribution in [0.25, 0.3) is 0 Å². The molecule has 5 heteroatoms. The van der Waals surface area contributed by atoms with Crippen LogP contribution in [-0.4, -0.2) is 35.9 Å². The van der Waals surface area contributed by atoms with Gasteiger partial charge >= 0.3 is 0 Å². The van der Waals surface area contributed by atoms with Gasteiger partial charge in [0.05, 0.1) is 12.7 Å². The van der Waals surface area contributed by atoms with E-state index in [0.717, 1.165) is 11.1 Å². The largest absolute Gasteiger partial charge is 0.389 e. The summed E-state index contributed by atoms with van der Waals surface area (Å²) in [4.78, 5) is 1.99. The highest BCUT2D eigenvalue weighted by Gasteiger charge is 2.13. The van der Waals surface area contributed by atoms with Crippen molar-refractivity contribution in [1.82, 2.24) is 4.90 Å². The summed E-state index contributed by atoms with van der Waals surface area (Å²) in [6, 6.07) is 12.4. The molecular formula is C20H21F2NO2. The number of ether oxygens (including phenoxy) is 1. The molecule has 1 atom stereocenters. The lowest BCUT2D eigenvalue weighted by atomic mass is 10.1. The summed E-state index contributed by atoms with van der Waals surface area (Å²) >= 11 is 0. The van der Waals surface area contributed by atoms with Crippen LogP contribution in [0.3, 0.4) is 0 Å². The molecule has 3 nitrogen and oxygen atoms in total. The molecule has 0 unspecified atom stereocenters. The maximum absolute atomic E-state index is 13.1. The molecule has 25 heavy (non-hydrogen) atoms. The lowest BCUT2D eigenvalue weighted by Gasteiger charge is -2.25. The summed E-state index contributed by atoms with van der Waals surface area (Å²) in [6.07, 6.45) is 4.40. The molecule has 132 valence electrons. The van der Waals surface area contributed by atoms with E-state index in [-0.39, 0.29) is 24.8 Å². The number of aliphatic hydroxyl groups excluding tert-OH is 1. The SMILES string of the molecule is C#CCOC[C@H](O)CN(Cc1ccc(F)cc1)Cc1ccc(F)cc1. The number of rotatable bonds is 9. The van der Waals surface area contributed by atoms with E-state index in [1.807, 2.05) is 4.90 Å². The fourth-order valence-corrected chi connectivity index (χ4v) is 2.49. The van der Waals surface area contributed by atoms with E-state index in [1.165, 1.54) is 24.3 Å². The summed E-state index contributed by atoms with van der Waals surface area (Å²) in [5, 5.41) is 10.1. The van der Waals surface area contributed by atoms with Gasteiger partial charge in [0, 0.05) is 19.6 Å². The number of nitrogens with zero attached hydrogens (tertiary/aromatic N) is 1. The molecule has 1 N–H and O–H groups in total. The highest BCUT2D eigenvalue weighted by atomic mass is 19.1. The molecule has 0 heterocycles. The van der Waals surface area contributed by atoms with Gasteiger partial charge in [0.15, 0.2) is 0 Å². The molecule has 0 aliphatic carbocycles. The van der Waals surface area contributed by atoms with Crippen molar-refractivity contribution in [2.45, 2.75) is 19.2 Å². The molecule has 0 radical (unpaired) electrons. The molecule has 2 rings (SSSR count). The van der Waals surface area contributed by atoms with Crippen LogP contribution >= 0.6 is 0 Å². The molecule has 2 aromatic carbocycles. The topological polar surface area (TPSA) is 32.7 Å². The van der Waals surface area contributed by atoms with Gasteiger partial charge in [0.2, 0.25) is 0 Å². The van der Waals surface area contributed by atoms with Crippen molar-refractivity contribution in [1.29, 1.82) is 0 Å². The highest BCUT2D eigenvalue weighted by Crippen LogP contribution is 2.12. The fourth-order valence-electron chi connectivity index (χ4n) is 2.49. The number of hydrogen-bond acceptors (Lipinski definition) is 3. The zero-order valence-corrected chi connectivity index (χ0v) is 13.9. The van der Waals surface area contributed by atoms with E-state index in [2.05, 4.69) is 5.92 Å². The Hall–Kier alpha value is -2.26. The van der Waals surface area contributed by atoms with Crippen LogP contribution in [0.4, 0.5) is 8.78 Å². The summed E-state index contributed by atoms with van der Waals surface area (Å²) in [6.45, 7) is 1.66. The summed E-state index contributed by atoms with van der Waals surface area (Å²) in [5.41, 5.74) is 1.83. The minimum Gasteiger partial charge on any atom is -0.389 e. The van der Waals surface area contributed by atoms with Gasteiger partial charge in [-0.05, 0) is 35.4 Å². The number of aliphatic hydroxyl groups is 1. The van der Waals surface area contributed by atoms with E-state index in [4.69, 9.17) is 11.2 Å². The first-order chi connectivity index (χ1) is 12.1. The number of halogens is 2. The van der Waals surface area contributed by atoms with Gasteiger partial charge in [-0.1, -0.05) is 30.2 Å². The van der Waals surface area contributed by atoms with E-state index in [1.54, 1.807) is 24.3 Å². The van der Waals surface area contributed by atoms with Crippen LogP contribution in [0, 0.1) is 24.0 Å². The van der Waals surface area contributed by atoms with Crippen molar-refractivity contribution in [2.24, 2.45) is 0 Å². The maximum Gasteiger partial charge on any atom is 0.123 e. The van der Waals surface area contributed by atoms with E-state index >= 15 is 0 Å². The minimum atomic E-state index is -0.714. The van der Waals surface area contributed by atoms with Crippen LogP contribution < -0.4 is 0 Å². The van der Waals surface area contributed by atoms with Crippen LogP contribution in [-0.2, 0) is 17.8 Å². The summed E-state index contributed by atoms with van der Waals surface area (Å²) in [5.74, 6) is 1.76. The van der Waals surface area contributed by atoms with Crippen LogP contribution in [0.5, 0.6) is 0 Å². The average Bonchev–Trinajstić information content (AvgIpc) is 2.59. The van der Waals surface area contributed by atoms with Crippen molar-refractivity contribution in [2.75, 3.05) is 19.8 Å². The zero-order valence-electron chi connectivity index (χ0n) is 13.9.